The van der Waals surface area contributed by atoms with Gasteiger partial charge in [0, 0.05) is 0 Å². The van der Waals surface area contributed by atoms with Gasteiger partial charge in [-0.2, -0.15) is 0 Å². The van der Waals surface area contributed by atoms with E-state index in [0.717, 1.165) is 12.8 Å². The first-order chi connectivity index (χ1) is 9.56. The van der Waals surface area contributed by atoms with Gasteiger partial charge in [0.15, 0.2) is 17.6 Å². The topological polar surface area (TPSA) is 65.0 Å². The summed E-state index contributed by atoms with van der Waals surface area (Å²) in [7, 11) is 1.48. The summed E-state index contributed by atoms with van der Waals surface area (Å²) in [5.41, 5.74) is 0.313. The van der Waals surface area contributed by atoms with Crippen molar-refractivity contribution in [3.63, 3.8) is 0 Å². The summed E-state index contributed by atoms with van der Waals surface area (Å²) in [6.45, 7) is 1.87. The minimum Gasteiger partial charge on any atom is -0.493 e. The highest BCUT2D eigenvalue weighted by molar-refractivity contribution is 6.32. The van der Waals surface area contributed by atoms with Crippen molar-refractivity contribution in [2.45, 2.75) is 32.0 Å². The number of hydrogen-bond donors (Lipinski definition) is 1. The van der Waals surface area contributed by atoms with Crippen LogP contribution >= 0.6 is 11.6 Å². The van der Waals surface area contributed by atoms with Gasteiger partial charge in [-0.05, 0) is 37.5 Å². The number of ether oxygens (including phenoxy) is 3. The molecule has 0 radical (unpaired) electrons. The fourth-order valence-electron chi connectivity index (χ4n) is 1.72. The summed E-state index contributed by atoms with van der Waals surface area (Å²) in [6, 6.07) is 3.02. The Morgan fingerprint density at radius 2 is 2.20 bits per heavy atom. The van der Waals surface area contributed by atoms with Crippen LogP contribution in [0.1, 0.15) is 31.4 Å². The molecule has 1 saturated carbocycles. The molecule has 1 atom stereocenters. The first-order valence-electron chi connectivity index (χ1n) is 6.45. The third-order valence-corrected chi connectivity index (χ3v) is 3.17. The van der Waals surface area contributed by atoms with Crippen molar-refractivity contribution in [2.24, 2.45) is 0 Å². The molecule has 1 aliphatic carbocycles. The van der Waals surface area contributed by atoms with Crippen molar-refractivity contribution >= 4 is 17.6 Å². The number of benzene rings is 1. The summed E-state index contributed by atoms with van der Waals surface area (Å²) >= 11 is 6.14. The number of carbonyl (C=O) groups is 1. The van der Waals surface area contributed by atoms with E-state index >= 15 is 0 Å². The number of carbonyl (C=O) groups excluding carboxylic acids is 1. The highest BCUT2D eigenvalue weighted by Crippen LogP contribution is 2.41. The molecule has 5 nitrogen and oxygen atoms in total. The van der Waals surface area contributed by atoms with E-state index in [-0.39, 0.29) is 12.7 Å². The quantitative estimate of drug-likeness (QED) is 0.818. The van der Waals surface area contributed by atoms with E-state index < -0.39 is 12.1 Å². The Labute approximate surface area is 122 Å². The Hall–Kier alpha value is -1.46. The van der Waals surface area contributed by atoms with Crippen LogP contribution in [-0.2, 0) is 9.53 Å². The maximum Gasteiger partial charge on any atom is 0.339 e. The van der Waals surface area contributed by atoms with Crippen LogP contribution in [0.25, 0.3) is 0 Å². The summed E-state index contributed by atoms with van der Waals surface area (Å²) < 4.78 is 15.7. The van der Waals surface area contributed by atoms with E-state index in [2.05, 4.69) is 0 Å². The van der Waals surface area contributed by atoms with E-state index in [1.54, 1.807) is 6.92 Å². The molecule has 20 heavy (non-hydrogen) atoms. The number of esters is 1. The van der Waals surface area contributed by atoms with Crippen LogP contribution in [-0.4, -0.2) is 30.9 Å². The predicted molar refractivity (Wildman–Crippen MR) is 73.2 cm³/mol. The molecule has 1 N–H and O–H groups in total. The number of hydrogen-bond acceptors (Lipinski definition) is 5. The second kappa shape index (κ2) is 6.33. The maximum atomic E-state index is 11.5. The summed E-state index contributed by atoms with van der Waals surface area (Å²) in [5.74, 6) is 0.112. The molecule has 0 spiro atoms. The molecule has 0 amide bonds. The van der Waals surface area contributed by atoms with Crippen LogP contribution in [0.5, 0.6) is 11.5 Å². The maximum absolute atomic E-state index is 11.5. The largest absolute Gasteiger partial charge is 0.493 e. The lowest BCUT2D eigenvalue weighted by molar-refractivity contribution is -0.153. The molecule has 0 saturated heterocycles. The molecule has 1 aliphatic rings. The third-order valence-electron chi connectivity index (χ3n) is 2.89. The number of halogens is 1. The van der Waals surface area contributed by atoms with Gasteiger partial charge < -0.3 is 19.3 Å². The van der Waals surface area contributed by atoms with E-state index in [1.165, 1.54) is 19.2 Å². The Bertz CT molecular complexity index is 499. The van der Waals surface area contributed by atoms with Gasteiger partial charge in [-0.15, -0.1) is 0 Å². The molecule has 1 aromatic rings. The van der Waals surface area contributed by atoms with Crippen molar-refractivity contribution in [2.75, 3.05) is 13.7 Å². The normalized spacial score (nSPS) is 15.6. The monoisotopic (exact) mass is 300 g/mol. The van der Waals surface area contributed by atoms with Gasteiger partial charge >= 0.3 is 5.97 Å². The predicted octanol–water partition coefficient (Wildman–Crippen LogP) is 2.49. The zero-order chi connectivity index (χ0) is 14.7. The molecule has 0 aromatic heterocycles. The van der Waals surface area contributed by atoms with Crippen LogP contribution in [0.3, 0.4) is 0 Å². The van der Waals surface area contributed by atoms with Gasteiger partial charge in [-0.1, -0.05) is 11.6 Å². The van der Waals surface area contributed by atoms with Crippen LogP contribution in [0.4, 0.5) is 0 Å². The van der Waals surface area contributed by atoms with E-state index in [0.29, 0.717) is 22.1 Å². The van der Waals surface area contributed by atoms with Crippen molar-refractivity contribution < 1.29 is 24.1 Å². The number of rotatable bonds is 6. The van der Waals surface area contributed by atoms with Gasteiger partial charge in [0.05, 0.1) is 24.8 Å². The van der Waals surface area contributed by atoms with Crippen molar-refractivity contribution in [1.82, 2.24) is 0 Å². The van der Waals surface area contributed by atoms with Crippen molar-refractivity contribution in [1.29, 1.82) is 0 Å². The molecule has 2 rings (SSSR count). The first kappa shape index (κ1) is 14.9. The molecular formula is C14H17ClO5. The molecular weight excluding hydrogens is 284 g/mol. The summed E-state index contributed by atoms with van der Waals surface area (Å²) in [5, 5.41) is 10.2. The summed E-state index contributed by atoms with van der Waals surface area (Å²) in [4.78, 5) is 11.5. The van der Waals surface area contributed by atoms with Crippen LogP contribution in [0.2, 0.25) is 5.02 Å². The Balaban J connectivity index is 2.26. The Morgan fingerprint density at radius 3 is 2.75 bits per heavy atom. The van der Waals surface area contributed by atoms with Crippen molar-refractivity contribution in [3.05, 3.63) is 22.7 Å². The average molecular weight is 301 g/mol. The Morgan fingerprint density at radius 1 is 1.50 bits per heavy atom. The molecule has 1 aromatic carbocycles. The van der Waals surface area contributed by atoms with Crippen LogP contribution in [0, 0.1) is 0 Å². The highest BCUT2D eigenvalue weighted by atomic mass is 35.5. The zero-order valence-electron chi connectivity index (χ0n) is 11.4. The molecule has 1 fully saturated rings. The molecule has 0 bridgehead atoms. The standard InChI is InChI=1S/C14H17ClO5/c1-3-19-14(17)12(16)8-6-10(15)13(11(7-8)18-2)20-9-4-5-9/h6-7,9,12,16H,3-5H2,1-2H3. The SMILES string of the molecule is CCOC(=O)C(O)c1cc(Cl)c(OC2CC2)c(OC)c1. The number of aliphatic hydroxyl groups excluding tert-OH is 1. The second-order valence-electron chi connectivity index (χ2n) is 4.51. The van der Waals surface area contributed by atoms with Crippen LogP contribution in [0.15, 0.2) is 12.1 Å². The lowest BCUT2D eigenvalue weighted by Crippen LogP contribution is -2.15. The van der Waals surface area contributed by atoms with Gasteiger partial charge in [0.1, 0.15) is 0 Å². The van der Waals surface area contributed by atoms with Crippen LogP contribution < -0.4 is 9.47 Å². The fraction of sp³-hybridized carbons (Fsp3) is 0.500. The fourth-order valence-corrected chi connectivity index (χ4v) is 1.99. The number of methoxy groups -OCH3 is 1. The zero-order valence-corrected chi connectivity index (χ0v) is 12.1. The average Bonchev–Trinajstić information content (AvgIpc) is 3.24. The minimum absolute atomic E-state index is 0.169. The molecule has 6 heteroatoms. The third kappa shape index (κ3) is 3.35. The van der Waals surface area contributed by atoms with Gasteiger partial charge in [0.25, 0.3) is 0 Å². The molecule has 0 aliphatic heterocycles. The van der Waals surface area contributed by atoms with Gasteiger partial charge in [-0.25, -0.2) is 4.79 Å². The van der Waals surface area contributed by atoms with Gasteiger partial charge in [0.2, 0.25) is 0 Å². The first-order valence-corrected chi connectivity index (χ1v) is 6.83. The van der Waals surface area contributed by atoms with Gasteiger partial charge in [-0.3, -0.25) is 0 Å². The Kier molecular flexibility index (Phi) is 4.73. The van der Waals surface area contributed by atoms with E-state index in [9.17, 15) is 9.90 Å². The second-order valence-corrected chi connectivity index (χ2v) is 4.91. The number of aliphatic hydroxyl groups is 1. The lowest BCUT2D eigenvalue weighted by atomic mass is 10.1. The molecule has 0 heterocycles. The molecule has 1 unspecified atom stereocenters. The smallest absolute Gasteiger partial charge is 0.339 e. The highest BCUT2D eigenvalue weighted by Gasteiger charge is 2.28. The summed E-state index contributed by atoms with van der Waals surface area (Å²) in [6.07, 6.45) is 0.762. The molecule has 110 valence electrons. The van der Waals surface area contributed by atoms with Crippen molar-refractivity contribution in [3.8, 4) is 11.5 Å². The minimum atomic E-state index is -1.39. The lowest BCUT2D eigenvalue weighted by Gasteiger charge is -2.16. The van der Waals surface area contributed by atoms with E-state index in [1.807, 2.05) is 0 Å². The van der Waals surface area contributed by atoms with E-state index in [4.69, 9.17) is 25.8 Å².